The molecule has 35 heavy (non-hydrogen) atoms. The molecule has 0 unspecified atom stereocenters. The summed E-state index contributed by atoms with van der Waals surface area (Å²) in [5, 5.41) is 0. The van der Waals surface area contributed by atoms with E-state index in [0.29, 0.717) is 44.8 Å². The molecule has 6 nitrogen and oxygen atoms in total. The van der Waals surface area contributed by atoms with Crippen molar-refractivity contribution in [1.82, 2.24) is 14.7 Å². The molecule has 0 spiro atoms. The van der Waals surface area contributed by atoms with Gasteiger partial charge in [-0.15, -0.1) is 0 Å². The van der Waals surface area contributed by atoms with Crippen LogP contribution in [0.5, 0.6) is 5.75 Å². The van der Waals surface area contributed by atoms with Crippen molar-refractivity contribution in [1.29, 1.82) is 0 Å². The predicted octanol–water partition coefficient (Wildman–Crippen LogP) is 3.88. The van der Waals surface area contributed by atoms with Gasteiger partial charge in [-0.05, 0) is 66.8 Å². The van der Waals surface area contributed by atoms with Crippen LogP contribution in [0.15, 0.2) is 49.1 Å². The molecule has 0 bridgehead atoms. The number of hydrogen-bond donors (Lipinski definition) is 0. The van der Waals surface area contributed by atoms with Crippen LogP contribution in [-0.2, 0) is 22.6 Å². The fraction of sp³-hybridized carbons (Fsp3) is 0.429. The average Bonchev–Trinajstić information content (AvgIpc) is 2.84. The van der Waals surface area contributed by atoms with Crippen molar-refractivity contribution in [2.75, 3.05) is 32.7 Å². The minimum absolute atomic E-state index is 0.0528. The second-order valence-electron chi connectivity index (χ2n) is 9.58. The van der Waals surface area contributed by atoms with Gasteiger partial charge >= 0.3 is 0 Å². The molecule has 7 heteroatoms. The Hall–Kier alpha value is -3.19. The van der Waals surface area contributed by atoms with E-state index in [9.17, 15) is 14.0 Å². The molecule has 0 radical (unpaired) electrons. The van der Waals surface area contributed by atoms with E-state index in [0.717, 1.165) is 23.3 Å². The highest BCUT2D eigenvalue weighted by molar-refractivity contribution is 5.87. The zero-order chi connectivity index (χ0) is 25.1. The van der Waals surface area contributed by atoms with E-state index in [1.807, 2.05) is 41.0 Å². The van der Waals surface area contributed by atoms with Gasteiger partial charge in [-0.2, -0.15) is 0 Å². The van der Waals surface area contributed by atoms with Gasteiger partial charge in [-0.1, -0.05) is 24.8 Å². The van der Waals surface area contributed by atoms with Crippen LogP contribution in [0.4, 0.5) is 4.39 Å². The van der Waals surface area contributed by atoms with Crippen LogP contribution in [0.1, 0.15) is 42.2 Å². The lowest BCUT2D eigenvalue weighted by Crippen LogP contribution is -2.54. The highest BCUT2D eigenvalue weighted by atomic mass is 19.1. The lowest BCUT2D eigenvalue weighted by Gasteiger charge is -2.40. The quantitative estimate of drug-likeness (QED) is 0.590. The third-order valence-electron chi connectivity index (χ3n) is 7.07. The molecule has 1 saturated heterocycles. The molecule has 0 aliphatic carbocycles. The van der Waals surface area contributed by atoms with Gasteiger partial charge in [0, 0.05) is 52.2 Å². The molecule has 2 aromatic carbocycles. The number of nitrogens with zero attached hydrogens (tertiary/aromatic N) is 3. The second-order valence-corrected chi connectivity index (χ2v) is 9.58. The first-order valence-electron chi connectivity index (χ1n) is 12.2. The maximum Gasteiger partial charge on any atom is 0.246 e. The van der Waals surface area contributed by atoms with Crippen LogP contribution < -0.4 is 4.74 Å². The molecule has 2 atom stereocenters. The molecule has 2 aliphatic heterocycles. The van der Waals surface area contributed by atoms with Crippen molar-refractivity contribution in [3.63, 3.8) is 0 Å². The van der Waals surface area contributed by atoms with Crippen LogP contribution in [0.3, 0.4) is 0 Å². The first-order chi connectivity index (χ1) is 16.7. The molecule has 4 rings (SSSR count). The second kappa shape index (κ2) is 10.6. The number of ether oxygens (including phenoxy) is 1. The highest BCUT2D eigenvalue weighted by Crippen LogP contribution is 2.29. The summed E-state index contributed by atoms with van der Waals surface area (Å²) in [5.41, 5.74) is 3.69. The molecule has 0 aromatic heterocycles. The van der Waals surface area contributed by atoms with E-state index in [1.165, 1.54) is 11.6 Å². The molecule has 0 N–H and O–H groups in total. The monoisotopic (exact) mass is 479 g/mol. The lowest BCUT2D eigenvalue weighted by molar-refractivity contribution is -0.131. The van der Waals surface area contributed by atoms with Crippen LogP contribution >= 0.6 is 0 Å². The minimum atomic E-state index is -0.366. The van der Waals surface area contributed by atoms with E-state index in [-0.39, 0.29) is 29.8 Å². The van der Waals surface area contributed by atoms with E-state index in [2.05, 4.69) is 11.5 Å². The fourth-order valence-corrected chi connectivity index (χ4v) is 4.93. The smallest absolute Gasteiger partial charge is 0.246 e. The first-order valence-corrected chi connectivity index (χ1v) is 12.2. The summed E-state index contributed by atoms with van der Waals surface area (Å²) in [6, 6.07) is 11.3. The van der Waals surface area contributed by atoms with Crippen LogP contribution in [-0.4, -0.2) is 65.3 Å². The van der Waals surface area contributed by atoms with Crippen molar-refractivity contribution in [2.24, 2.45) is 0 Å². The minimum Gasteiger partial charge on any atom is -0.484 e. The first kappa shape index (κ1) is 24.9. The highest BCUT2D eigenvalue weighted by Gasteiger charge is 2.29. The Bertz CT molecular complexity index is 1120. The molecular weight excluding hydrogens is 445 g/mol. The van der Waals surface area contributed by atoms with Gasteiger partial charge in [-0.3, -0.25) is 14.5 Å². The van der Waals surface area contributed by atoms with Gasteiger partial charge in [0.25, 0.3) is 0 Å². The van der Waals surface area contributed by atoms with E-state index >= 15 is 0 Å². The maximum absolute atomic E-state index is 14.5. The third kappa shape index (κ3) is 5.73. The number of piperazine rings is 1. The molecule has 0 saturated carbocycles. The zero-order valence-corrected chi connectivity index (χ0v) is 20.8. The number of carbonyl (C=O) groups is 2. The molecule has 2 amide bonds. The summed E-state index contributed by atoms with van der Waals surface area (Å²) in [6.07, 6.45) is 1.78. The molecule has 186 valence electrons. The summed E-state index contributed by atoms with van der Waals surface area (Å²) < 4.78 is 21.0. The normalized spacial score (nSPS) is 19.1. The van der Waals surface area contributed by atoms with Gasteiger partial charge in [0.2, 0.25) is 11.8 Å². The fourth-order valence-electron chi connectivity index (χ4n) is 4.93. The number of benzene rings is 2. The van der Waals surface area contributed by atoms with Crippen molar-refractivity contribution in [3.05, 3.63) is 77.1 Å². The van der Waals surface area contributed by atoms with E-state index < -0.39 is 0 Å². The Balaban J connectivity index is 1.53. The largest absolute Gasteiger partial charge is 0.484 e. The molecular formula is C28H34FN3O3. The number of halogens is 1. The number of carbonyl (C=O) groups excluding carboxylic acids is 2. The number of hydrogen-bond acceptors (Lipinski definition) is 4. The van der Waals surface area contributed by atoms with Crippen LogP contribution in [0, 0.1) is 12.7 Å². The Labute approximate surface area is 207 Å². The summed E-state index contributed by atoms with van der Waals surface area (Å²) >= 11 is 0. The third-order valence-corrected chi connectivity index (χ3v) is 7.07. The topological polar surface area (TPSA) is 53.1 Å². The number of amides is 2. The van der Waals surface area contributed by atoms with E-state index in [4.69, 9.17) is 4.74 Å². The Morgan fingerprint density at radius 1 is 1.17 bits per heavy atom. The Kier molecular flexibility index (Phi) is 7.55. The van der Waals surface area contributed by atoms with Gasteiger partial charge < -0.3 is 14.5 Å². The Morgan fingerprint density at radius 3 is 2.66 bits per heavy atom. The predicted molar refractivity (Wildman–Crippen MR) is 134 cm³/mol. The van der Waals surface area contributed by atoms with Gasteiger partial charge in [0.15, 0.2) is 0 Å². The van der Waals surface area contributed by atoms with Crippen molar-refractivity contribution >= 4 is 11.8 Å². The zero-order valence-electron chi connectivity index (χ0n) is 20.8. The Morgan fingerprint density at radius 2 is 1.97 bits per heavy atom. The van der Waals surface area contributed by atoms with Gasteiger partial charge in [0.1, 0.15) is 17.7 Å². The van der Waals surface area contributed by atoms with E-state index in [1.54, 1.807) is 26.0 Å². The maximum atomic E-state index is 14.5. The van der Waals surface area contributed by atoms with Gasteiger partial charge in [0.05, 0.1) is 0 Å². The van der Waals surface area contributed by atoms with Crippen molar-refractivity contribution in [2.45, 2.75) is 45.9 Å². The van der Waals surface area contributed by atoms with Crippen molar-refractivity contribution < 1.29 is 18.7 Å². The molecule has 1 fully saturated rings. The standard InChI is InChI=1S/C28H34FN3O3/c1-5-28(34)32-13-12-30(16-20(32)3)18-27(23-7-6-19(2)26(29)15-23)35-25-9-8-24-17-31(21(4)33)11-10-22(24)14-25/h5-9,14-15,20,27H,1,10-13,16-18H2,2-4H3/t20-,27-/m1/s1. The number of rotatable bonds is 6. The van der Waals surface area contributed by atoms with Crippen LogP contribution in [0.25, 0.3) is 0 Å². The SMILES string of the molecule is C=CC(=O)N1CCN(C[C@@H](Oc2ccc3c(c2)CCN(C(C)=O)C3)c2ccc(C)c(F)c2)C[C@H]1C. The summed E-state index contributed by atoms with van der Waals surface area (Å²) in [6.45, 7) is 12.9. The summed E-state index contributed by atoms with van der Waals surface area (Å²) in [7, 11) is 0. The lowest BCUT2D eigenvalue weighted by atomic mass is 9.99. The van der Waals surface area contributed by atoms with Crippen LogP contribution in [0.2, 0.25) is 0 Å². The number of aryl methyl sites for hydroxylation is 1. The average molecular weight is 480 g/mol. The van der Waals surface area contributed by atoms with Gasteiger partial charge in [-0.25, -0.2) is 4.39 Å². The molecule has 2 aromatic rings. The number of fused-ring (bicyclic) bond motifs is 1. The van der Waals surface area contributed by atoms with Crippen molar-refractivity contribution in [3.8, 4) is 5.75 Å². The molecule has 2 heterocycles. The summed E-state index contributed by atoms with van der Waals surface area (Å²) in [5.74, 6) is 0.518. The molecule has 2 aliphatic rings. The summed E-state index contributed by atoms with van der Waals surface area (Å²) in [4.78, 5) is 29.8.